The molecule has 118 valence electrons. The third-order valence-corrected chi connectivity index (χ3v) is 3.54. The molecule has 1 saturated heterocycles. The quantitative estimate of drug-likeness (QED) is 0.801. The van der Waals surface area contributed by atoms with Crippen LogP contribution in [0.5, 0.6) is 5.75 Å². The van der Waals surface area contributed by atoms with Crippen molar-refractivity contribution in [3.8, 4) is 5.75 Å². The van der Waals surface area contributed by atoms with E-state index in [1.54, 1.807) is 33.5 Å². The van der Waals surface area contributed by atoms with Crippen LogP contribution in [0.3, 0.4) is 0 Å². The molecule has 0 radical (unpaired) electrons. The van der Waals surface area contributed by atoms with E-state index in [9.17, 15) is 0 Å². The van der Waals surface area contributed by atoms with E-state index < -0.39 is 6.29 Å². The highest BCUT2D eigenvalue weighted by Gasteiger charge is 2.40. The molecule has 1 aliphatic rings. The van der Waals surface area contributed by atoms with Crippen LogP contribution >= 0.6 is 0 Å². The number of nitrogen functional groups attached to an aromatic ring is 1. The minimum absolute atomic E-state index is 0.109. The Kier molecular flexibility index (Phi) is 5.81. The Labute approximate surface area is 125 Å². The molecule has 0 bridgehead atoms. The minimum Gasteiger partial charge on any atom is -0.465 e. The van der Waals surface area contributed by atoms with E-state index in [-0.39, 0.29) is 18.3 Å². The van der Waals surface area contributed by atoms with Gasteiger partial charge >= 0.3 is 0 Å². The van der Waals surface area contributed by atoms with Crippen molar-refractivity contribution in [2.75, 3.05) is 33.7 Å². The maximum Gasteiger partial charge on any atom is 0.202 e. The SMILES string of the molecule is COC[C@H]1OC(Oc2ccc(N)cc2)C[C@@H](OC)[C@H]1OC. The van der Waals surface area contributed by atoms with Crippen LogP contribution in [0, 0.1) is 0 Å². The summed E-state index contributed by atoms with van der Waals surface area (Å²) in [4.78, 5) is 0. The number of hydrogen-bond acceptors (Lipinski definition) is 6. The molecule has 1 aliphatic heterocycles. The van der Waals surface area contributed by atoms with E-state index in [0.29, 0.717) is 24.5 Å². The minimum atomic E-state index is -0.412. The summed E-state index contributed by atoms with van der Waals surface area (Å²) in [5.74, 6) is 0.705. The molecule has 4 atom stereocenters. The summed E-state index contributed by atoms with van der Waals surface area (Å²) in [5.41, 5.74) is 6.35. The smallest absolute Gasteiger partial charge is 0.202 e. The van der Waals surface area contributed by atoms with Gasteiger partial charge in [0, 0.05) is 33.4 Å². The van der Waals surface area contributed by atoms with Gasteiger partial charge in [0.2, 0.25) is 6.29 Å². The first-order valence-electron chi connectivity index (χ1n) is 6.90. The van der Waals surface area contributed by atoms with Crippen molar-refractivity contribution in [3.63, 3.8) is 0 Å². The molecule has 0 spiro atoms. The first-order valence-corrected chi connectivity index (χ1v) is 6.90. The van der Waals surface area contributed by atoms with Gasteiger partial charge in [0.15, 0.2) is 0 Å². The molecule has 0 saturated carbocycles. The number of nitrogens with two attached hydrogens (primary N) is 1. The van der Waals surface area contributed by atoms with Gasteiger partial charge in [0.1, 0.15) is 18.0 Å². The third-order valence-electron chi connectivity index (χ3n) is 3.54. The molecule has 1 aromatic carbocycles. The van der Waals surface area contributed by atoms with Crippen molar-refractivity contribution in [2.45, 2.75) is 31.0 Å². The topological polar surface area (TPSA) is 72.2 Å². The van der Waals surface area contributed by atoms with Gasteiger partial charge in [-0.2, -0.15) is 0 Å². The summed E-state index contributed by atoms with van der Waals surface area (Å²) in [6, 6.07) is 7.20. The van der Waals surface area contributed by atoms with Crippen LogP contribution in [0.1, 0.15) is 6.42 Å². The Morgan fingerprint density at radius 1 is 1.14 bits per heavy atom. The van der Waals surface area contributed by atoms with Crippen molar-refractivity contribution in [3.05, 3.63) is 24.3 Å². The van der Waals surface area contributed by atoms with E-state index in [0.717, 1.165) is 0 Å². The molecule has 1 unspecified atom stereocenters. The summed E-state index contributed by atoms with van der Waals surface area (Å²) in [5, 5.41) is 0. The van der Waals surface area contributed by atoms with E-state index in [1.165, 1.54) is 0 Å². The normalized spacial score (nSPS) is 29.3. The van der Waals surface area contributed by atoms with Gasteiger partial charge in [-0.1, -0.05) is 0 Å². The highest BCUT2D eigenvalue weighted by atomic mass is 16.7. The van der Waals surface area contributed by atoms with Gasteiger partial charge in [-0.3, -0.25) is 0 Å². The Balaban J connectivity index is 2.04. The lowest BCUT2D eigenvalue weighted by Crippen LogP contribution is -2.53. The monoisotopic (exact) mass is 297 g/mol. The Bertz CT molecular complexity index is 425. The summed E-state index contributed by atoms with van der Waals surface area (Å²) in [6.45, 7) is 0.417. The highest BCUT2D eigenvalue weighted by molar-refractivity contribution is 5.41. The van der Waals surface area contributed by atoms with Crippen molar-refractivity contribution < 1.29 is 23.7 Å². The molecule has 2 rings (SSSR count). The lowest BCUT2D eigenvalue weighted by molar-refractivity contribution is -0.242. The zero-order chi connectivity index (χ0) is 15.2. The zero-order valence-corrected chi connectivity index (χ0v) is 12.7. The largest absolute Gasteiger partial charge is 0.465 e. The first-order chi connectivity index (χ1) is 10.2. The predicted molar refractivity (Wildman–Crippen MR) is 78.2 cm³/mol. The Morgan fingerprint density at radius 2 is 1.86 bits per heavy atom. The van der Waals surface area contributed by atoms with Gasteiger partial charge in [0.25, 0.3) is 0 Å². The number of ether oxygens (including phenoxy) is 5. The first kappa shape index (κ1) is 16.0. The molecule has 21 heavy (non-hydrogen) atoms. The number of methoxy groups -OCH3 is 3. The second-order valence-electron chi connectivity index (χ2n) is 4.96. The zero-order valence-electron chi connectivity index (χ0n) is 12.7. The van der Waals surface area contributed by atoms with E-state index >= 15 is 0 Å². The number of anilines is 1. The lowest BCUT2D eigenvalue weighted by Gasteiger charge is -2.39. The molecule has 0 amide bonds. The molecular weight excluding hydrogens is 274 g/mol. The van der Waals surface area contributed by atoms with Crippen LogP contribution in [0.4, 0.5) is 5.69 Å². The van der Waals surface area contributed by atoms with Crippen molar-refractivity contribution in [2.24, 2.45) is 0 Å². The summed E-state index contributed by atoms with van der Waals surface area (Å²) in [7, 11) is 4.93. The van der Waals surface area contributed by atoms with Crippen molar-refractivity contribution in [1.29, 1.82) is 0 Å². The highest BCUT2D eigenvalue weighted by Crippen LogP contribution is 2.27. The van der Waals surface area contributed by atoms with E-state index in [2.05, 4.69) is 0 Å². The molecule has 6 heteroatoms. The number of benzene rings is 1. The molecule has 2 N–H and O–H groups in total. The molecule has 0 aromatic heterocycles. The second kappa shape index (κ2) is 7.61. The van der Waals surface area contributed by atoms with Crippen LogP contribution in [0.2, 0.25) is 0 Å². The lowest BCUT2D eigenvalue weighted by atomic mass is 10.0. The Hall–Kier alpha value is -1.34. The van der Waals surface area contributed by atoms with Gasteiger partial charge in [-0.25, -0.2) is 0 Å². The standard InChI is InChI=1S/C15H23NO5/c1-17-9-13-15(19-3)12(18-2)8-14(21-13)20-11-6-4-10(16)5-7-11/h4-7,12-15H,8-9,16H2,1-3H3/t12-,13-,14?,15-/m1/s1. The van der Waals surface area contributed by atoms with E-state index in [1.807, 2.05) is 12.1 Å². The van der Waals surface area contributed by atoms with Gasteiger partial charge < -0.3 is 29.4 Å². The van der Waals surface area contributed by atoms with Crippen molar-refractivity contribution >= 4 is 5.69 Å². The summed E-state index contributed by atoms with van der Waals surface area (Å²) < 4.78 is 27.9. The van der Waals surface area contributed by atoms with Gasteiger partial charge in [-0.05, 0) is 24.3 Å². The van der Waals surface area contributed by atoms with Crippen LogP contribution in [0.25, 0.3) is 0 Å². The van der Waals surface area contributed by atoms with Crippen molar-refractivity contribution in [1.82, 2.24) is 0 Å². The van der Waals surface area contributed by atoms with Gasteiger partial charge in [-0.15, -0.1) is 0 Å². The van der Waals surface area contributed by atoms with Crippen LogP contribution in [-0.2, 0) is 18.9 Å². The summed E-state index contributed by atoms with van der Waals surface area (Å²) >= 11 is 0. The average molecular weight is 297 g/mol. The van der Waals surface area contributed by atoms with E-state index in [4.69, 9.17) is 29.4 Å². The number of hydrogen-bond donors (Lipinski definition) is 1. The molecule has 1 aromatic rings. The van der Waals surface area contributed by atoms with Crippen LogP contribution in [0.15, 0.2) is 24.3 Å². The molecule has 6 nitrogen and oxygen atoms in total. The number of rotatable bonds is 6. The molecular formula is C15H23NO5. The molecule has 0 aliphatic carbocycles. The van der Waals surface area contributed by atoms with Gasteiger partial charge in [0.05, 0.1) is 12.7 Å². The fourth-order valence-corrected chi connectivity index (χ4v) is 2.50. The summed E-state index contributed by atoms with van der Waals surface area (Å²) in [6.07, 6.45) is -0.355. The third kappa shape index (κ3) is 4.07. The molecule has 1 fully saturated rings. The predicted octanol–water partition coefficient (Wildman–Crippen LogP) is 1.44. The average Bonchev–Trinajstić information content (AvgIpc) is 2.49. The fraction of sp³-hybridized carbons (Fsp3) is 0.600. The van der Waals surface area contributed by atoms with Crippen LogP contribution < -0.4 is 10.5 Å². The Morgan fingerprint density at radius 3 is 2.43 bits per heavy atom. The fourth-order valence-electron chi connectivity index (χ4n) is 2.50. The maximum atomic E-state index is 5.91. The molecule has 1 heterocycles. The van der Waals surface area contributed by atoms with Crippen LogP contribution in [-0.4, -0.2) is 52.5 Å². The maximum absolute atomic E-state index is 5.91. The second-order valence-corrected chi connectivity index (χ2v) is 4.96.